The minimum Gasteiger partial charge on any atom is -0.396 e. The Bertz CT molecular complexity index is 116. The van der Waals surface area contributed by atoms with Gasteiger partial charge in [0.25, 0.3) is 0 Å². The lowest BCUT2D eigenvalue weighted by Crippen LogP contribution is -2.25. The number of aliphatic hydroxyl groups is 1. The summed E-state index contributed by atoms with van der Waals surface area (Å²) in [7, 11) is 0. The van der Waals surface area contributed by atoms with Crippen LogP contribution in [0, 0.1) is 5.92 Å². The van der Waals surface area contributed by atoms with E-state index in [0.717, 1.165) is 32.7 Å². The summed E-state index contributed by atoms with van der Waals surface area (Å²) in [5.74, 6) is 0.267. The first-order chi connectivity index (χ1) is 6.74. The number of aliphatic hydroxyl groups excluding tert-OH is 1. The normalized spacial score (nSPS) is 13.5. The fourth-order valence-electron chi connectivity index (χ4n) is 1.27. The molecule has 3 nitrogen and oxygen atoms in total. The molecule has 86 valence electrons. The Morgan fingerprint density at radius 2 is 1.93 bits per heavy atom. The standard InChI is InChI=1S/C11H25NO2/c1-4-12(5-2)7-6-8-14-10-11(3)9-13/h11,13H,4-10H2,1-3H3. The Balaban J connectivity index is 3.20. The van der Waals surface area contributed by atoms with Gasteiger partial charge in [-0.25, -0.2) is 0 Å². The summed E-state index contributed by atoms with van der Waals surface area (Å²) in [6.07, 6.45) is 1.08. The molecule has 0 heterocycles. The van der Waals surface area contributed by atoms with Crippen LogP contribution >= 0.6 is 0 Å². The molecule has 0 bridgehead atoms. The Morgan fingerprint density at radius 3 is 2.43 bits per heavy atom. The molecule has 0 aliphatic heterocycles. The van der Waals surface area contributed by atoms with E-state index in [0.29, 0.717) is 6.61 Å². The Kier molecular flexibility index (Phi) is 9.35. The minimum absolute atomic E-state index is 0.218. The highest BCUT2D eigenvalue weighted by Gasteiger charge is 2.00. The number of nitrogens with zero attached hydrogens (tertiary/aromatic N) is 1. The Hall–Kier alpha value is -0.120. The van der Waals surface area contributed by atoms with E-state index in [2.05, 4.69) is 18.7 Å². The van der Waals surface area contributed by atoms with Crippen molar-refractivity contribution in [3.8, 4) is 0 Å². The molecule has 0 rings (SSSR count). The molecular formula is C11H25NO2. The van der Waals surface area contributed by atoms with Gasteiger partial charge in [-0.15, -0.1) is 0 Å². The van der Waals surface area contributed by atoms with Gasteiger partial charge < -0.3 is 14.7 Å². The molecule has 1 N–H and O–H groups in total. The molecule has 0 radical (unpaired) electrons. The zero-order chi connectivity index (χ0) is 10.8. The van der Waals surface area contributed by atoms with Crippen LogP contribution in [-0.4, -0.2) is 49.5 Å². The van der Waals surface area contributed by atoms with Crippen LogP contribution < -0.4 is 0 Å². The minimum atomic E-state index is 0.218. The second-order valence-electron chi connectivity index (χ2n) is 3.74. The number of ether oxygens (including phenoxy) is 1. The molecular weight excluding hydrogens is 178 g/mol. The molecule has 0 saturated heterocycles. The molecule has 0 aromatic heterocycles. The van der Waals surface area contributed by atoms with Crippen molar-refractivity contribution in [2.75, 3.05) is 39.5 Å². The van der Waals surface area contributed by atoms with Crippen LogP contribution in [0.1, 0.15) is 27.2 Å². The lowest BCUT2D eigenvalue weighted by molar-refractivity contribution is 0.0739. The average molecular weight is 203 g/mol. The molecule has 0 spiro atoms. The summed E-state index contributed by atoms with van der Waals surface area (Å²) in [5.41, 5.74) is 0. The van der Waals surface area contributed by atoms with Gasteiger partial charge in [0.2, 0.25) is 0 Å². The van der Waals surface area contributed by atoms with Gasteiger partial charge in [0, 0.05) is 25.7 Å². The summed E-state index contributed by atoms with van der Waals surface area (Å²) in [6, 6.07) is 0. The molecule has 0 fully saturated rings. The predicted octanol–water partition coefficient (Wildman–Crippen LogP) is 1.36. The van der Waals surface area contributed by atoms with Gasteiger partial charge in [-0.3, -0.25) is 0 Å². The van der Waals surface area contributed by atoms with Crippen LogP contribution in [-0.2, 0) is 4.74 Å². The van der Waals surface area contributed by atoms with Gasteiger partial charge in [0.15, 0.2) is 0 Å². The van der Waals surface area contributed by atoms with Gasteiger partial charge in [0.1, 0.15) is 0 Å². The van der Waals surface area contributed by atoms with Crippen molar-refractivity contribution in [1.29, 1.82) is 0 Å². The second-order valence-corrected chi connectivity index (χ2v) is 3.74. The molecule has 0 aliphatic carbocycles. The van der Waals surface area contributed by atoms with Crippen molar-refractivity contribution in [2.24, 2.45) is 5.92 Å². The van der Waals surface area contributed by atoms with Gasteiger partial charge in [0.05, 0.1) is 6.61 Å². The third kappa shape index (κ3) is 7.30. The predicted molar refractivity (Wildman–Crippen MR) is 59.5 cm³/mol. The molecule has 0 amide bonds. The first kappa shape index (κ1) is 13.9. The van der Waals surface area contributed by atoms with E-state index in [4.69, 9.17) is 9.84 Å². The lowest BCUT2D eigenvalue weighted by Gasteiger charge is -2.17. The molecule has 0 aromatic carbocycles. The average Bonchev–Trinajstić information content (AvgIpc) is 2.23. The summed E-state index contributed by atoms with van der Waals surface area (Å²) in [6.45, 7) is 11.4. The van der Waals surface area contributed by atoms with E-state index < -0.39 is 0 Å². The van der Waals surface area contributed by atoms with Gasteiger partial charge in [-0.05, 0) is 19.5 Å². The largest absolute Gasteiger partial charge is 0.396 e. The molecule has 0 aromatic rings. The SMILES string of the molecule is CCN(CC)CCCOCC(C)CO. The maximum atomic E-state index is 8.77. The van der Waals surface area contributed by atoms with E-state index in [-0.39, 0.29) is 12.5 Å². The van der Waals surface area contributed by atoms with Crippen LogP contribution in [0.2, 0.25) is 0 Å². The highest BCUT2D eigenvalue weighted by atomic mass is 16.5. The Labute approximate surface area is 88.1 Å². The van der Waals surface area contributed by atoms with Gasteiger partial charge >= 0.3 is 0 Å². The van der Waals surface area contributed by atoms with Crippen molar-refractivity contribution in [1.82, 2.24) is 4.90 Å². The molecule has 3 heteroatoms. The quantitative estimate of drug-likeness (QED) is 0.574. The topological polar surface area (TPSA) is 32.7 Å². The Morgan fingerprint density at radius 1 is 1.29 bits per heavy atom. The number of hydrogen-bond donors (Lipinski definition) is 1. The maximum Gasteiger partial charge on any atom is 0.0513 e. The molecule has 0 aliphatic rings. The van der Waals surface area contributed by atoms with Crippen LogP contribution in [0.5, 0.6) is 0 Å². The van der Waals surface area contributed by atoms with Crippen LogP contribution in [0.3, 0.4) is 0 Å². The summed E-state index contributed by atoms with van der Waals surface area (Å²) in [4.78, 5) is 2.39. The van der Waals surface area contributed by atoms with Gasteiger partial charge in [-0.1, -0.05) is 20.8 Å². The molecule has 0 saturated carbocycles. The third-order valence-corrected chi connectivity index (χ3v) is 2.37. The van der Waals surface area contributed by atoms with Crippen molar-refractivity contribution < 1.29 is 9.84 Å². The zero-order valence-electron chi connectivity index (χ0n) is 9.83. The summed E-state index contributed by atoms with van der Waals surface area (Å²) >= 11 is 0. The van der Waals surface area contributed by atoms with Crippen molar-refractivity contribution >= 4 is 0 Å². The lowest BCUT2D eigenvalue weighted by atomic mass is 10.2. The van der Waals surface area contributed by atoms with E-state index in [1.54, 1.807) is 0 Å². The van der Waals surface area contributed by atoms with Crippen molar-refractivity contribution in [3.63, 3.8) is 0 Å². The van der Waals surface area contributed by atoms with Crippen LogP contribution in [0.25, 0.3) is 0 Å². The summed E-state index contributed by atoms with van der Waals surface area (Å²) in [5, 5.41) is 8.77. The highest BCUT2D eigenvalue weighted by Crippen LogP contribution is 1.96. The first-order valence-electron chi connectivity index (χ1n) is 5.65. The number of hydrogen-bond acceptors (Lipinski definition) is 3. The highest BCUT2D eigenvalue weighted by molar-refractivity contribution is 4.52. The monoisotopic (exact) mass is 203 g/mol. The molecule has 1 unspecified atom stereocenters. The summed E-state index contributed by atoms with van der Waals surface area (Å²) < 4.78 is 5.44. The maximum absolute atomic E-state index is 8.77. The smallest absolute Gasteiger partial charge is 0.0513 e. The van der Waals surface area contributed by atoms with Crippen molar-refractivity contribution in [2.45, 2.75) is 27.2 Å². The van der Waals surface area contributed by atoms with E-state index >= 15 is 0 Å². The van der Waals surface area contributed by atoms with Gasteiger partial charge in [-0.2, -0.15) is 0 Å². The molecule has 14 heavy (non-hydrogen) atoms. The van der Waals surface area contributed by atoms with E-state index in [9.17, 15) is 0 Å². The van der Waals surface area contributed by atoms with E-state index in [1.807, 2.05) is 6.92 Å². The fraction of sp³-hybridized carbons (Fsp3) is 1.00. The zero-order valence-corrected chi connectivity index (χ0v) is 9.83. The van der Waals surface area contributed by atoms with Crippen LogP contribution in [0.15, 0.2) is 0 Å². The van der Waals surface area contributed by atoms with E-state index in [1.165, 1.54) is 0 Å². The fourth-order valence-corrected chi connectivity index (χ4v) is 1.27. The third-order valence-electron chi connectivity index (χ3n) is 2.37. The van der Waals surface area contributed by atoms with Crippen molar-refractivity contribution in [3.05, 3.63) is 0 Å². The van der Waals surface area contributed by atoms with Crippen LogP contribution in [0.4, 0.5) is 0 Å². The molecule has 1 atom stereocenters. The first-order valence-corrected chi connectivity index (χ1v) is 5.65. The second kappa shape index (κ2) is 9.44. The number of rotatable bonds is 9.